The molecule has 15 heavy (non-hydrogen) atoms. The van der Waals surface area contributed by atoms with Crippen LogP contribution in [-0.2, 0) is 0 Å². The number of hydrogen-bond acceptors (Lipinski definition) is 1. The molecular formula is C12H14FNO. The third-order valence-electron chi connectivity index (χ3n) is 2.15. The van der Waals surface area contributed by atoms with E-state index in [0.29, 0.717) is 5.56 Å². The van der Waals surface area contributed by atoms with E-state index in [0.717, 1.165) is 0 Å². The van der Waals surface area contributed by atoms with Crippen LogP contribution in [0.25, 0.3) is 0 Å². The van der Waals surface area contributed by atoms with E-state index >= 15 is 0 Å². The highest BCUT2D eigenvalue weighted by atomic mass is 19.1. The van der Waals surface area contributed by atoms with Crippen LogP contribution in [-0.4, -0.2) is 11.9 Å². The monoisotopic (exact) mass is 207 g/mol. The number of amides is 1. The van der Waals surface area contributed by atoms with Gasteiger partial charge in [-0.2, -0.15) is 0 Å². The zero-order valence-corrected chi connectivity index (χ0v) is 8.88. The van der Waals surface area contributed by atoms with E-state index in [4.69, 9.17) is 0 Å². The van der Waals surface area contributed by atoms with Gasteiger partial charge >= 0.3 is 0 Å². The highest BCUT2D eigenvalue weighted by Gasteiger charge is 2.13. The molecule has 0 heterocycles. The molecule has 1 rings (SSSR count). The molecule has 0 radical (unpaired) electrons. The van der Waals surface area contributed by atoms with Gasteiger partial charge in [-0.15, -0.1) is 6.58 Å². The minimum atomic E-state index is -0.466. The van der Waals surface area contributed by atoms with E-state index in [1.54, 1.807) is 32.1 Å². The Balaban J connectivity index is 2.91. The van der Waals surface area contributed by atoms with Crippen molar-refractivity contribution >= 4 is 5.91 Å². The number of carbonyl (C=O) groups excluding carboxylic acids is 1. The summed E-state index contributed by atoms with van der Waals surface area (Å²) in [5, 5.41) is 2.62. The first-order chi connectivity index (χ1) is 7.06. The maximum Gasteiger partial charge on any atom is 0.254 e. The second kappa shape index (κ2) is 4.73. The fourth-order valence-electron chi connectivity index (χ4n) is 1.17. The molecule has 0 saturated carbocycles. The van der Waals surface area contributed by atoms with Gasteiger partial charge in [0.15, 0.2) is 0 Å². The van der Waals surface area contributed by atoms with Crippen LogP contribution in [0.4, 0.5) is 4.39 Å². The third-order valence-corrected chi connectivity index (χ3v) is 2.15. The molecule has 0 fully saturated rings. The van der Waals surface area contributed by atoms with Crippen molar-refractivity contribution in [2.75, 3.05) is 0 Å². The first-order valence-corrected chi connectivity index (χ1v) is 4.74. The lowest BCUT2D eigenvalue weighted by Gasteiger charge is -2.10. The summed E-state index contributed by atoms with van der Waals surface area (Å²) in [6.45, 7) is 6.94. The number of carbonyl (C=O) groups is 1. The zero-order chi connectivity index (χ0) is 11.4. The van der Waals surface area contributed by atoms with Crippen molar-refractivity contribution in [2.24, 2.45) is 0 Å². The Morgan fingerprint density at radius 2 is 2.27 bits per heavy atom. The lowest BCUT2D eigenvalue weighted by molar-refractivity contribution is 0.0943. The van der Waals surface area contributed by atoms with Crippen molar-refractivity contribution in [3.63, 3.8) is 0 Å². The molecule has 0 saturated heterocycles. The minimum absolute atomic E-state index is 0.0729. The number of aryl methyl sites for hydroxylation is 1. The van der Waals surface area contributed by atoms with Crippen LogP contribution < -0.4 is 5.32 Å². The largest absolute Gasteiger partial charge is 0.346 e. The molecule has 3 heteroatoms. The standard InChI is InChI=1S/C12H14FNO/c1-4-9(3)14-12(15)10-7-5-6-8(2)11(10)13/h4-7,9H,1H2,2-3H3,(H,14,15). The lowest BCUT2D eigenvalue weighted by Crippen LogP contribution is -2.31. The van der Waals surface area contributed by atoms with Gasteiger partial charge in [0.2, 0.25) is 0 Å². The SMILES string of the molecule is C=CC(C)NC(=O)c1cccc(C)c1F. The van der Waals surface area contributed by atoms with Crippen LogP contribution in [0.15, 0.2) is 30.9 Å². The maximum absolute atomic E-state index is 13.5. The van der Waals surface area contributed by atoms with Gasteiger partial charge in [-0.25, -0.2) is 4.39 Å². The topological polar surface area (TPSA) is 29.1 Å². The molecule has 0 aliphatic carbocycles. The second-order valence-electron chi connectivity index (χ2n) is 3.43. The molecule has 1 atom stereocenters. The van der Waals surface area contributed by atoms with Gasteiger partial charge in [0.05, 0.1) is 5.56 Å². The number of hydrogen-bond donors (Lipinski definition) is 1. The van der Waals surface area contributed by atoms with Gasteiger partial charge in [-0.1, -0.05) is 18.2 Å². The number of nitrogens with one attached hydrogen (secondary N) is 1. The van der Waals surface area contributed by atoms with E-state index < -0.39 is 11.7 Å². The lowest BCUT2D eigenvalue weighted by atomic mass is 10.1. The first-order valence-electron chi connectivity index (χ1n) is 4.74. The van der Waals surface area contributed by atoms with Gasteiger partial charge in [-0.3, -0.25) is 4.79 Å². The van der Waals surface area contributed by atoms with E-state index in [9.17, 15) is 9.18 Å². The molecule has 0 bridgehead atoms. The molecular weight excluding hydrogens is 193 g/mol. The third kappa shape index (κ3) is 2.65. The minimum Gasteiger partial charge on any atom is -0.346 e. The quantitative estimate of drug-likeness (QED) is 0.758. The van der Waals surface area contributed by atoms with Crippen molar-refractivity contribution in [3.8, 4) is 0 Å². The van der Waals surface area contributed by atoms with E-state index in [2.05, 4.69) is 11.9 Å². The predicted molar refractivity (Wildman–Crippen MR) is 58.3 cm³/mol. The molecule has 80 valence electrons. The average Bonchev–Trinajstić information content (AvgIpc) is 2.21. The predicted octanol–water partition coefficient (Wildman–Crippen LogP) is 2.44. The Morgan fingerprint density at radius 3 is 2.87 bits per heavy atom. The Bertz CT molecular complexity index is 387. The molecule has 1 amide bonds. The van der Waals surface area contributed by atoms with Crippen molar-refractivity contribution in [1.82, 2.24) is 5.32 Å². The van der Waals surface area contributed by atoms with Crippen LogP contribution in [0.2, 0.25) is 0 Å². The van der Waals surface area contributed by atoms with Crippen molar-refractivity contribution in [2.45, 2.75) is 19.9 Å². The fourth-order valence-corrected chi connectivity index (χ4v) is 1.17. The molecule has 1 aromatic rings. The van der Waals surface area contributed by atoms with E-state index in [-0.39, 0.29) is 11.6 Å². The summed E-state index contributed by atoms with van der Waals surface area (Å²) in [5.41, 5.74) is 0.539. The zero-order valence-electron chi connectivity index (χ0n) is 8.88. The van der Waals surface area contributed by atoms with Gasteiger partial charge in [-0.05, 0) is 25.5 Å². The number of benzene rings is 1. The first kappa shape index (κ1) is 11.4. The maximum atomic E-state index is 13.5. The summed E-state index contributed by atoms with van der Waals surface area (Å²) in [4.78, 5) is 11.6. The van der Waals surface area contributed by atoms with Crippen molar-refractivity contribution in [3.05, 3.63) is 47.8 Å². The molecule has 2 nitrogen and oxygen atoms in total. The van der Waals surface area contributed by atoms with Gasteiger partial charge in [0, 0.05) is 6.04 Å². The van der Waals surface area contributed by atoms with Crippen LogP contribution in [0.5, 0.6) is 0 Å². The molecule has 1 unspecified atom stereocenters. The van der Waals surface area contributed by atoms with E-state index in [1.165, 1.54) is 6.07 Å². The molecule has 0 aliphatic heterocycles. The second-order valence-corrected chi connectivity index (χ2v) is 3.43. The van der Waals surface area contributed by atoms with Crippen LogP contribution in [0.3, 0.4) is 0 Å². The molecule has 0 aliphatic rings. The summed E-state index contributed by atoms with van der Waals surface area (Å²) in [6.07, 6.45) is 1.59. The smallest absolute Gasteiger partial charge is 0.254 e. The van der Waals surface area contributed by atoms with Gasteiger partial charge in [0.1, 0.15) is 5.82 Å². The summed E-state index contributed by atoms with van der Waals surface area (Å²) in [5.74, 6) is -0.880. The highest BCUT2D eigenvalue weighted by Crippen LogP contribution is 2.11. The molecule has 1 N–H and O–H groups in total. The van der Waals surface area contributed by atoms with Crippen LogP contribution >= 0.6 is 0 Å². The van der Waals surface area contributed by atoms with Crippen molar-refractivity contribution in [1.29, 1.82) is 0 Å². The fraction of sp³-hybridized carbons (Fsp3) is 0.250. The Hall–Kier alpha value is -1.64. The Kier molecular flexibility index (Phi) is 3.61. The Labute approximate surface area is 88.8 Å². The number of halogens is 1. The normalized spacial score (nSPS) is 11.9. The summed E-state index contributed by atoms with van der Waals surface area (Å²) in [6, 6.07) is 4.58. The molecule has 0 aromatic heterocycles. The van der Waals surface area contributed by atoms with Crippen LogP contribution in [0, 0.1) is 12.7 Å². The number of rotatable bonds is 3. The summed E-state index contributed by atoms with van der Waals surface area (Å²) >= 11 is 0. The summed E-state index contributed by atoms with van der Waals surface area (Å²) in [7, 11) is 0. The summed E-state index contributed by atoms with van der Waals surface area (Å²) < 4.78 is 13.5. The molecule has 0 spiro atoms. The highest BCUT2D eigenvalue weighted by molar-refractivity contribution is 5.94. The van der Waals surface area contributed by atoms with Gasteiger partial charge < -0.3 is 5.32 Å². The molecule has 1 aromatic carbocycles. The Morgan fingerprint density at radius 1 is 1.60 bits per heavy atom. The van der Waals surface area contributed by atoms with Gasteiger partial charge in [0.25, 0.3) is 5.91 Å². The van der Waals surface area contributed by atoms with Crippen LogP contribution in [0.1, 0.15) is 22.8 Å². The van der Waals surface area contributed by atoms with E-state index in [1.807, 2.05) is 0 Å². The average molecular weight is 207 g/mol. The van der Waals surface area contributed by atoms with Crippen molar-refractivity contribution < 1.29 is 9.18 Å².